The zero-order valence-corrected chi connectivity index (χ0v) is 83.0. The molecule has 0 aliphatic carbocycles. The Kier molecular flexibility index (Phi) is 86.8. The molecule has 0 radical (unpaired) electrons. The van der Waals surface area contributed by atoms with Crippen molar-refractivity contribution in [2.75, 3.05) is 131 Å². The van der Waals surface area contributed by atoms with Crippen LogP contribution in [-0.2, 0) is 113 Å². The van der Waals surface area contributed by atoms with E-state index >= 15 is 0 Å². The fourth-order valence-corrected chi connectivity index (χ4v) is 15.5. The first-order valence-electron chi connectivity index (χ1n) is 50.2. The van der Waals surface area contributed by atoms with Crippen LogP contribution >= 0.6 is 0 Å². The smallest absolute Gasteiger partial charge is 0.234 e. The van der Waals surface area contributed by atoms with E-state index in [-0.39, 0.29) is 129 Å². The van der Waals surface area contributed by atoms with Crippen molar-refractivity contribution in [3.63, 3.8) is 0 Å². The summed E-state index contributed by atoms with van der Waals surface area (Å²) in [4.78, 5) is 129. The molecule has 134 heavy (non-hydrogen) atoms. The van der Waals surface area contributed by atoms with E-state index in [4.69, 9.17) is 37.9 Å². The SMILES string of the molecule is C.C=C(CCCS(=O)(=O)NC(=O)CCCCCCCCCCCCCCC1=NN=NC1)NCCOCCOCC(=O)CCCOCCOCC(C)=O.CC(=O)CC[C@H](CC(=O)CCCCCCCCCCCCCCc1nn[nH]n1)C(C)=O.CC(=O)COCCOCCCC(=O)COCCOCCNC(=O)CC[C@H](CC(=O)CCCCCCCCCCCCCCc1nn[nH]n1)C(C)=O. The molecule has 2 amide bonds. The van der Waals surface area contributed by atoms with Gasteiger partial charge in [-0.2, -0.15) is 15.5 Å². The molecule has 3 rings (SSSR count). The largest absolute Gasteiger partial charge is 0.387 e. The summed E-state index contributed by atoms with van der Waals surface area (Å²) >= 11 is 0. The van der Waals surface area contributed by atoms with E-state index in [9.17, 15) is 61.2 Å². The Bertz CT molecular complexity index is 3500. The van der Waals surface area contributed by atoms with Crippen molar-refractivity contribution in [3.8, 4) is 0 Å². The lowest BCUT2D eigenvalue weighted by atomic mass is 9.91. The monoisotopic (exact) mass is 1920 g/mol. The van der Waals surface area contributed by atoms with Gasteiger partial charge in [-0.3, -0.25) is 52.7 Å². The zero-order valence-electron chi connectivity index (χ0n) is 82.2. The van der Waals surface area contributed by atoms with Crippen LogP contribution in [0.2, 0.25) is 0 Å². The van der Waals surface area contributed by atoms with Gasteiger partial charge in [-0.25, -0.2) is 8.42 Å². The topological polar surface area (TPSA) is 478 Å². The standard InChI is InChI=1S/C37H65N5O9.C36H65N5O9S.C24H42N4O3.CH4/c1-31(43)29-50-26-24-48-22-15-17-35(46)30-51-27-25-49-23-21-38-37(47)20-19-33(32(2)44)28-34(45)16-13-11-9-7-5-3-4-6-8-10-12-14-18-36-39-41-42-40-36;1-32(37-21-23-48-25-27-50-31-35(43)19-15-22-47-24-26-49-30-33(2)42)17-16-28-51(45,46)40-36(44)20-14-12-10-8-6-4-3-5-7-9-11-13-18-34-29-38-41-39-34;1-20(29)17-18-22(21(2)30)19-23(31)15-13-11-9-7-5-3-4-6-8-10-12-14-16-24-25-27-28-26-24;/h33H,3-30H2,1-2H3,(H,38,47)(H,39,40,41,42);37H,1,3-31H2,2H3,(H,40,44);22H,3-19H2,1-2H3,(H,25,26,27,28);1H4/t33-;;22-;/m1.1./s1. The molecule has 0 saturated carbocycles. The molecule has 2 aromatic rings. The molecule has 0 fully saturated rings. The second-order valence-electron chi connectivity index (χ2n) is 35.0. The quantitative estimate of drug-likeness (QED) is 0.0384. The van der Waals surface area contributed by atoms with Crippen molar-refractivity contribution < 1.29 is 99.1 Å². The number of hydrogen-bond donors (Lipinski definition) is 5. The van der Waals surface area contributed by atoms with E-state index in [0.29, 0.717) is 181 Å². The molecule has 2 atom stereocenters. The summed E-state index contributed by atoms with van der Waals surface area (Å²) in [7, 11) is -3.67. The highest BCUT2D eigenvalue weighted by Gasteiger charge is 2.22. The summed E-state index contributed by atoms with van der Waals surface area (Å²) in [5.41, 5.74) is 1.81. The Hall–Kier alpha value is -7.45. The third-order valence-electron chi connectivity index (χ3n) is 22.2. The van der Waals surface area contributed by atoms with Crippen LogP contribution in [0, 0.1) is 11.8 Å². The summed E-state index contributed by atoms with van der Waals surface area (Å²) in [6.07, 6.45) is 51.4. The van der Waals surface area contributed by atoms with E-state index in [0.717, 1.165) is 101 Å². The Morgan fingerprint density at radius 1 is 0.351 bits per heavy atom. The number of aromatic amines is 2. The molecule has 0 spiro atoms. The first-order chi connectivity index (χ1) is 64.4. The highest BCUT2D eigenvalue weighted by atomic mass is 32.2. The number of tetrazole rings is 2. The van der Waals surface area contributed by atoms with Crippen LogP contribution in [0.5, 0.6) is 0 Å². The van der Waals surface area contributed by atoms with Gasteiger partial charge in [0, 0.05) is 114 Å². The number of allylic oxidation sites excluding steroid dienone is 1. The lowest BCUT2D eigenvalue weighted by Gasteiger charge is -2.13. The Balaban J connectivity index is 0.00000203. The number of amides is 2. The molecule has 5 N–H and O–H groups in total. The molecular formula is C98H176N14O21S. The fourth-order valence-electron chi connectivity index (χ4n) is 14.5. The Morgan fingerprint density at radius 2 is 0.694 bits per heavy atom. The molecule has 0 saturated heterocycles. The number of nitrogens with zero attached hydrogens (tertiary/aromatic N) is 9. The van der Waals surface area contributed by atoms with Crippen molar-refractivity contribution in [1.82, 2.24) is 56.6 Å². The fraction of sp³-hybridized carbons (Fsp3) is 0.837. The molecule has 0 aromatic carbocycles. The number of rotatable bonds is 97. The number of aromatic nitrogens is 8. The van der Waals surface area contributed by atoms with Crippen LogP contribution < -0.4 is 15.4 Å². The second kappa shape index (κ2) is 91.9. The minimum Gasteiger partial charge on any atom is -0.387 e. The number of H-pyrrole nitrogens is 2. The number of Topliss-reactive ketones (excluding diaryl/α,β-unsaturated/α-hetero) is 9. The molecule has 0 bridgehead atoms. The summed E-state index contributed by atoms with van der Waals surface area (Å²) in [6.45, 7) is 17.4. The van der Waals surface area contributed by atoms with Crippen molar-refractivity contribution >= 4 is 79.6 Å². The normalized spacial score (nSPS) is 12.1. The first kappa shape index (κ1) is 127. The predicted octanol–water partition coefficient (Wildman–Crippen LogP) is 16.5. The Morgan fingerprint density at radius 3 is 1.06 bits per heavy atom. The van der Waals surface area contributed by atoms with Gasteiger partial charge >= 0.3 is 0 Å². The summed E-state index contributed by atoms with van der Waals surface area (Å²) in [6, 6.07) is 0. The maximum Gasteiger partial charge on any atom is 0.234 e. The van der Waals surface area contributed by atoms with Gasteiger partial charge < -0.3 is 53.3 Å². The van der Waals surface area contributed by atoms with Crippen LogP contribution in [0.1, 0.15) is 388 Å². The molecule has 36 heteroatoms. The molecule has 2 aromatic heterocycles. The number of ketones is 9. The molecule has 35 nitrogen and oxygen atoms in total. The third kappa shape index (κ3) is 88.5. The van der Waals surface area contributed by atoms with Gasteiger partial charge in [0.05, 0.1) is 77.5 Å². The highest BCUT2D eigenvalue weighted by Crippen LogP contribution is 2.22. The van der Waals surface area contributed by atoms with E-state index < -0.39 is 21.8 Å². The summed E-state index contributed by atoms with van der Waals surface area (Å²) in [5.74, 6) is 0.395. The van der Waals surface area contributed by atoms with Crippen LogP contribution in [0.15, 0.2) is 27.7 Å². The number of sulfonamides is 1. The third-order valence-corrected chi connectivity index (χ3v) is 23.6. The lowest BCUT2D eigenvalue weighted by molar-refractivity contribution is -0.128. The van der Waals surface area contributed by atoms with E-state index in [1.54, 1.807) is 0 Å². The van der Waals surface area contributed by atoms with E-state index in [1.165, 1.54) is 195 Å². The minimum absolute atomic E-state index is 0. The molecule has 1 aliphatic rings. The summed E-state index contributed by atoms with van der Waals surface area (Å²) < 4.78 is 69.3. The maximum absolute atomic E-state index is 12.5. The van der Waals surface area contributed by atoms with Gasteiger partial charge in [0.1, 0.15) is 61.9 Å². The van der Waals surface area contributed by atoms with Gasteiger partial charge in [-0.15, -0.1) is 25.5 Å². The average Bonchev–Trinajstić information content (AvgIpc) is 1.37. The average molecular weight is 1920 g/mol. The zero-order chi connectivity index (χ0) is 97.2. The molecule has 770 valence electrons. The van der Waals surface area contributed by atoms with Crippen molar-refractivity contribution in [2.24, 2.45) is 27.3 Å². The van der Waals surface area contributed by atoms with Crippen molar-refractivity contribution in [2.45, 2.75) is 389 Å². The second-order valence-corrected chi connectivity index (χ2v) is 36.8. The van der Waals surface area contributed by atoms with Crippen molar-refractivity contribution in [1.29, 1.82) is 0 Å². The number of hydrogen-bond acceptors (Lipinski definition) is 31. The van der Waals surface area contributed by atoms with Crippen molar-refractivity contribution in [3.05, 3.63) is 23.9 Å². The number of carbonyl (C=O) groups is 11. The van der Waals surface area contributed by atoms with Crippen LogP contribution in [0.25, 0.3) is 0 Å². The number of aryl methyl sites for hydroxylation is 2. The predicted molar refractivity (Wildman–Crippen MR) is 519 cm³/mol. The molecular weight excluding hydrogens is 1740 g/mol. The van der Waals surface area contributed by atoms with Gasteiger partial charge in [-0.05, 0) is 123 Å². The lowest BCUT2D eigenvalue weighted by Crippen LogP contribution is -2.32. The van der Waals surface area contributed by atoms with E-state index in [2.05, 4.69) is 78.6 Å². The Labute approximate surface area is 802 Å². The molecule has 1 aliphatic heterocycles. The minimum atomic E-state index is -3.67. The van der Waals surface area contributed by atoms with Gasteiger partial charge in [-0.1, -0.05) is 217 Å². The first-order valence-corrected chi connectivity index (χ1v) is 51.9. The number of unbranched alkanes of at least 4 members (excludes halogenated alkanes) is 33. The van der Waals surface area contributed by atoms with E-state index in [1.807, 2.05) is 0 Å². The molecule has 3 heterocycles. The number of nitrogens with one attached hydrogen (secondary N) is 5. The van der Waals surface area contributed by atoms with Gasteiger partial charge in [0.2, 0.25) is 21.8 Å². The summed E-state index contributed by atoms with van der Waals surface area (Å²) in [5, 5.41) is 45.4. The van der Waals surface area contributed by atoms with Gasteiger partial charge in [0.15, 0.2) is 34.8 Å². The van der Waals surface area contributed by atoms with Crippen LogP contribution in [0.3, 0.4) is 0 Å². The number of ether oxygens (including phenoxy) is 8. The molecule has 0 unspecified atom stereocenters. The number of carbonyl (C=O) groups excluding carboxylic acids is 11. The highest BCUT2D eigenvalue weighted by molar-refractivity contribution is 7.90. The van der Waals surface area contributed by atoms with Crippen LogP contribution in [0.4, 0.5) is 0 Å². The maximum atomic E-state index is 12.5. The van der Waals surface area contributed by atoms with Crippen LogP contribution in [-0.4, -0.2) is 250 Å². The van der Waals surface area contributed by atoms with Gasteiger partial charge in [0.25, 0.3) is 0 Å².